The molecule has 3 aliphatic heterocycles. The third-order valence-corrected chi connectivity index (χ3v) is 8.87. The van der Waals surface area contributed by atoms with E-state index in [1.165, 1.54) is 6.08 Å². The lowest BCUT2D eigenvalue weighted by Gasteiger charge is -2.41. The molecule has 212 valence electrons. The van der Waals surface area contributed by atoms with Gasteiger partial charge >= 0.3 is 6.01 Å². The van der Waals surface area contributed by atoms with Gasteiger partial charge in [0.15, 0.2) is 0 Å². The maximum atomic E-state index is 12.5. The van der Waals surface area contributed by atoms with Gasteiger partial charge in [0, 0.05) is 48.9 Å². The van der Waals surface area contributed by atoms with Crippen LogP contribution in [0.4, 0.5) is 11.5 Å². The number of hydrogen-bond acceptors (Lipinski definition) is 8. The molecule has 0 spiro atoms. The average molecular weight is 572 g/mol. The zero-order valence-electron chi connectivity index (χ0n) is 23.3. The topological polar surface area (TPSA) is 88.8 Å². The Kier molecular flexibility index (Phi) is 7.69. The van der Waals surface area contributed by atoms with Crippen molar-refractivity contribution in [3.63, 3.8) is 0 Å². The van der Waals surface area contributed by atoms with Crippen LogP contribution in [0.25, 0.3) is 10.8 Å². The first-order valence-electron chi connectivity index (χ1n) is 14.2. The number of hydrogen-bond donors (Lipinski definition) is 0. The number of rotatable bonds is 7. The summed E-state index contributed by atoms with van der Waals surface area (Å²) in [6, 6.07) is 14.9. The van der Waals surface area contributed by atoms with Crippen LogP contribution >= 0.6 is 11.6 Å². The molecule has 0 saturated carbocycles. The molecule has 3 aliphatic rings. The summed E-state index contributed by atoms with van der Waals surface area (Å²) in [7, 11) is 2.13. The van der Waals surface area contributed by atoms with Crippen molar-refractivity contribution in [2.45, 2.75) is 44.4 Å². The highest BCUT2D eigenvalue weighted by molar-refractivity contribution is 6.36. The lowest BCUT2D eigenvalue weighted by Crippen LogP contribution is -2.55. The number of aromatic nitrogens is 2. The molecule has 4 heterocycles. The second-order valence-corrected chi connectivity index (χ2v) is 11.4. The van der Waals surface area contributed by atoms with E-state index in [1.807, 2.05) is 12.1 Å². The van der Waals surface area contributed by atoms with Crippen LogP contribution in [0.2, 0.25) is 5.02 Å². The van der Waals surface area contributed by atoms with E-state index >= 15 is 0 Å². The first-order valence-corrected chi connectivity index (χ1v) is 14.5. The highest BCUT2D eigenvalue weighted by Crippen LogP contribution is 2.39. The average Bonchev–Trinajstić information content (AvgIpc) is 3.61. The Balaban J connectivity index is 1.34. The van der Waals surface area contributed by atoms with Crippen LogP contribution in [0.15, 0.2) is 49.1 Å². The highest BCUT2D eigenvalue weighted by atomic mass is 35.5. The zero-order valence-corrected chi connectivity index (χ0v) is 24.1. The predicted molar refractivity (Wildman–Crippen MR) is 160 cm³/mol. The minimum absolute atomic E-state index is 0.151. The van der Waals surface area contributed by atoms with Crippen molar-refractivity contribution in [1.29, 1.82) is 5.26 Å². The van der Waals surface area contributed by atoms with E-state index in [9.17, 15) is 10.1 Å². The van der Waals surface area contributed by atoms with Crippen LogP contribution in [0, 0.1) is 11.3 Å². The summed E-state index contributed by atoms with van der Waals surface area (Å²) in [6.45, 7) is 8.06. The van der Waals surface area contributed by atoms with E-state index < -0.39 is 0 Å². The smallest absolute Gasteiger partial charge is 0.318 e. The van der Waals surface area contributed by atoms with Gasteiger partial charge in [-0.2, -0.15) is 15.2 Å². The second-order valence-electron chi connectivity index (χ2n) is 11.0. The van der Waals surface area contributed by atoms with Crippen molar-refractivity contribution in [2.24, 2.45) is 0 Å². The van der Waals surface area contributed by atoms with Gasteiger partial charge in [-0.05, 0) is 50.0 Å². The minimum atomic E-state index is -0.254. The third kappa shape index (κ3) is 5.30. The van der Waals surface area contributed by atoms with E-state index in [0.717, 1.165) is 52.9 Å². The summed E-state index contributed by atoms with van der Waals surface area (Å²) in [4.78, 5) is 30.9. The quantitative estimate of drug-likeness (QED) is 0.386. The molecule has 1 amide bonds. The summed E-state index contributed by atoms with van der Waals surface area (Å²) in [5.41, 5.74) is 3.02. The van der Waals surface area contributed by atoms with Crippen molar-refractivity contribution < 1.29 is 9.53 Å². The molecule has 2 atom stereocenters. The van der Waals surface area contributed by atoms with E-state index in [4.69, 9.17) is 26.3 Å². The Bertz CT molecular complexity index is 1520. The molecule has 0 unspecified atom stereocenters. The number of likely N-dealkylation sites (tertiary alicyclic amines) is 1. The van der Waals surface area contributed by atoms with Gasteiger partial charge < -0.3 is 24.3 Å². The van der Waals surface area contributed by atoms with Gasteiger partial charge in [0.2, 0.25) is 5.91 Å². The summed E-state index contributed by atoms with van der Waals surface area (Å²) < 4.78 is 6.24. The first kappa shape index (κ1) is 27.3. The number of piperazine rings is 1. The number of amides is 1. The van der Waals surface area contributed by atoms with Crippen LogP contribution in [0.3, 0.4) is 0 Å². The number of nitrogens with zero attached hydrogens (tertiary/aromatic N) is 7. The normalized spacial score (nSPS) is 20.8. The highest BCUT2D eigenvalue weighted by Gasteiger charge is 2.35. The number of likely N-dealkylation sites (N-methyl/N-ethyl adjacent to an activating group) is 1. The number of ether oxygens (including phenoxy) is 1. The molecule has 0 aliphatic carbocycles. The molecule has 10 heteroatoms. The van der Waals surface area contributed by atoms with Crippen molar-refractivity contribution in [2.75, 3.05) is 49.6 Å². The summed E-state index contributed by atoms with van der Waals surface area (Å²) in [5, 5.41) is 12.3. The number of halogens is 1. The van der Waals surface area contributed by atoms with Crippen LogP contribution in [0.1, 0.15) is 30.5 Å². The number of nitriles is 1. The zero-order chi connectivity index (χ0) is 28.5. The van der Waals surface area contributed by atoms with Crippen LogP contribution in [-0.2, 0) is 17.9 Å². The molecule has 2 aromatic carbocycles. The molecular formula is C31H34ClN7O2. The maximum absolute atomic E-state index is 12.5. The van der Waals surface area contributed by atoms with Gasteiger partial charge in [-0.15, -0.1) is 0 Å². The Morgan fingerprint density at radius 1 is 1.15 bits per heavy atom. The fourth-order valence-corrected chi connectivity index (χ4v) is 6.63. The fourth-order valence-electron chi connectivity index (χ4n) is 6.35. The van der Waals surface area contributed by atoms with E-state index in [0.29, 0.717) is 56.4 Å². The number of carbonyl (C=O) groups excluding carboxylic acids is 1. The van der Waals surface area contributed by atoms with Gasteiger partial charge in [-0.3, -0.25) is 4.79 Å². The Labute approximate surface area is 245 Å². The number of fused-ring (bicyclic) bond motifs is 2. The van der Waals surface area contributed by atoms with E-state index in [1.54, 1.807) is 4.90 Å². The van der Waals surface area contributed by atoms with Crippen molar-refractivity contribution in [3.05, 3.63) is 65.3 Å². The monoisotopic (exact) mass is 571 g/mol. The largest absolute Gasteiger partial charge is 0.462 e. The Morgan fingerprint density at radius 3 is 2.73 bits per heavy atom. The van der Waals surface area contributed by atoms with Gasteiger partial charge in [0.1, 0.15) is 12.4 Å². The molecule has 2 saturated heterocycles. The summed E-state index contributed by atoms with van der Waals surface area (Å²) in [5.74, 6) is 0.661. The molecule has 6 rings (SSSR count). The summed E-state index contributed by atoms with van der Waals surface area (Å²) >= 11 is 6.69. The minimum Gasteiger partial charge on any atom is -0.462 e. The lowest BCUT2D eigenvalue weighted by atomic mass is 10.1. The van der Waals surface area contributed by atoms with Gasteiger partial charge in [-0.25, -0.2) is 0 Å². The van der Waals surface area contributed by atoms with Crippen molar-refractivity contribution in [1.82, 2.24) is 19.8 Å². The number of benzene rings is 2. The molecular weight excluding hydrogens is 538 g/mol. The van der Waals surface area contributed by atoms with E-state index in [-0.39, 0.29) is 18.4 Å². The standard InChI is InChI=1S/C31H34ClN7O2/c1-3-28(40)39-16-15-37(17-22(39)12-13-33)30-24-18-38(27-11-5-8-21-7-4-10-25(32)29(21)27)19-26(24)34-31(35-30)41-20-23-9-6-14-36(23)2/h3-5,7-8,10-11,22-23H,1,6,9,12,14-20H2,2H3/t22-,23-/m0/s1. The van der Waals surface area contributed by atoms with Crippen LogP contribution in [0.5, 0.6) is 6.01 Å². The predicted octanol–water partition coefficient (Wildman–Crippen LogP) is 4.39. The van der Waals surface area contributed by atoms with Gasteiger partial charge in [0.25, 0.3) is 0 Å². The van der Waals surface area contributed by atoms with Crippen LogP contribution < -0.4 is 14.5 Å². The number of anilines is 2. The Hall–Kier alpha value is -3.87. The summed E-state index contributed by atoms with van der Waals surface area (Å²) in [6.07, 6.45) is 3.82. The van der Waals surface area contributed by atoms with Crippen LogP contribution in [-0.4, -0.2) is 77.6 Å². The molecule has 41 heavy (non-hydrogen) atoms. The third-order valence-electron chi connectivity index (χ3n) is 8.56. The Morgan fingerprint density at radius 2 is 1.98 bits per heavy atom. The molecule has 2 fully saturated rings. The molecule has 3 aromatic rings. The molecule has 0 N–H and O–H groups in total. The van der Waals surface area contributed by atoms with Gasteiger partial charge in [0.05, 0.1) is 35.8 Å². The first-order chi connectivity index (χ1) is 20.0. The van der Waals surface area contributed by atoms with E-state index in [2.05, 4.69) is 58.7 Å². The molecule has 0 radical (unpaired) electrons. The fraction of sp³-hybridized carbons (Fsp3) is 0.419. The molecule has 1 aromatic heterocycles. The van der Waals surface area contributed by atoms with Crippen molar-refractivity contribution in [3.8, 4) is 12.1 Å². The molecule has 0 bridgehead atoms. The lowest BCUT2D eigenvalue weighted by molar-refractivity contribution is -0.128. The number of carbonyl (C=O) groups is 1. The maximum Gasteiger partial charge on any atom is 0.318 e. The second kappa shape index (κ2) is 11.6. The van der Waals surface area contributed by atoms with Gasteiger partial charge in [-0.1, -0.05) is 42.4 Å². The van der Waals surface area contributed by atoms with Crippen molar-refractivity contribution >= 4 is 39.8 Å². The molecule has 9 nitrogen and oxygen atoms in total. The SMILES string of the molecule is C=CC(=O)N1CCN(c2nc(OC[C@@H]3CCCN3C)nc3c2CN(c2cccc4cccc(Cl)c24)C3)C[C@@H]1CC#N.